The van der Waals surface area contributed by atoms with Gasteiger partial charge in [0.15, 0.2) is 0 Å². The lowest BCUT2D eigenvalue weighted by atomic mass is 9.97. The first-order chi connectivity index (χ1) is 9.45. The molecule has 0 saturated carbocycles. The Bertz CT molecular complexity index is 464. The lowest BCUT2D eigenvalue weighted by molar-refractivity contribution is 0.169. The molecule has 2 nitrogen and oxygen atoms in total. The van der Waals surface area contributed by atoms with E-state index >= 15 is 0 Å². The molecule has 0 bridgehead atoms. The normalized spacial score (nSPS) is 26.2. The summed E-state index contributed by atoms with van der Waals surface area (Å²) < 4.78 is 0. The van der Waals surface area contributed by atoms with Crippen LogP contribution >= 0.6 is 23.2 Å². The van der Waals surface area contributed by atoms with Crippen molar-refractivity contribution in [1.82, 2.24) is 10.2 Å². The van der Waals surface area contributed by atoms with Crippen LogP contribution in [0.4, 0.5) is 0 Å². The third-order valence-electron chi connectivity index (χ3n) is 4.47. The molecule has 0 spiro atoms. The van der Waals surface area contributed by atoms with Gasteiger partial charge < -0.3 is 5.32 Å². The highest BCUT2D eigenvalue weighted by atomic mass is 35.5. The fourth-order valence-corrected chi connectivity index (χ4v) is 3.43. The summed E-state index contributed by atoms with van der Waals surface area (Å²) in [6.45, 7) is 10.0. The Balaban J connectivity index is 2.20. The molecule has 2 rings (SSSR count). The maximum Gasteiger partial charge on any atom is 0.0468 e. The van der Waals surface area contributed by atoms with E-state index in [-0.39, 0.29) is 5.54 Å². The van der Waals surface area contributed by atoms with Gasteiger partial charge in [-0.3, -0.25) is 4.90 Å². The summed E-state index contributed by atoms with van der Waals surface area (Å²) in [5.74, 6) is 0. The van der Waals surface area contributed by atoms with Gasteiger partial charge in [-0.05, 0) is 50.9 Å². The molecule has 2 atom stereocenters. The average Bonchev–Trinajstić information content (AvgIpc) is 2.61. The molecule has 1 aliphatic heterocycles. The summed E-state index contributed by atoms with van der Waals surface area (Å²) in [5, 5.41) is 5.13. The number of benzene rings is 1. The molecule has 1 N–H and O–H groups in total. The van der Waals surface area contributed by atoms with E-state index in [9.17, 15) is 0 Å². The van der Waals surface area contributed by atoms with Gasteiger partial charge in [0.25, 0.3) is 0 Å². The number of rotatable bonds is 3. The Morgan fingerprint density at radius 2 is 2.15 bits per heavy atom. The summed E-state index contributed by atoms with van der Waals surface area (Å²) in [7, 11) is 0. The maximum absolute atomic E-state index is 6.36. The van der Waals surface area contributed by atoms with Crippen molar-refractivity contribution >= 4 is 23.2 Å². The van der Waals surface area contributed by atoms with Crippen LogP contribution < -0.4 is 5.32 Å². The zero-order valence-electron chi connectivity index (χ0n) is 12.5. The third-order valence-corrected chi connectivity index (χ3v) is 5.03. The standard InChI is InChI=1S/C16H24Cl2N2/c1-4-16(3)11-20(9-5-8-19-16)12(2)14-7-6-13(17)10-15(14)18/h6-7,10,12,19H,4-5,8-9,11H2,1-3H3. The molecule has 1 saturated heterocycles. The minimum atomic E-state index is 0.184. The number of hydrogen-bond acceptors (Lipinski definition) is 2. The van der Waals surface area contributed by atoms with Crippen LogP contribution in [0.15, 0.2) is 18.2 Å². The molecular formula is C16H24Cl2N2. The van der Waals surface area contributed by atoms with Gasteiger partial charge in [0.05, 0.1) is 0 Å². The monoisotopic (exact) mass is 314 g/mol. The van der Waals surface area contributed by atoms with Crippen molar-refractivity contribution < 1.29 is 0 Å². The Morgan fingerprint density at radius 3 is 2.80 bits per heavy atom. The van der Waals surface area contributed by atoms with Crippen molar-refractivity contribution in [3.8, 4) is 0 Å². The van der Waals surface area contributed by atoms with Gasteiger partial charge in [0, 0.05) is 34.7 Å². The predicted molar refractivity (Wildman–Crippen MR) is 87.8 cm³/mol. The van der Waals surface area contributed by atoms with E-state index in [0.29, 0.717) is 11.1 Å². The second-order valence-electron chi connectivity index (χ2n) is 6.01. The Labute approximate surface area is 132 Å². The van der Waals surface area contributed by atoms with Crippen LogP contribution in [0.2, 0.25) is 10.0 Å². The second-order valence-corrected chi connectivity index (χ2v) is 6.85. The van der Waals surface area contributed by atoms with Gasteiger partial charge in [-0.15, -0.1) is 0 Å². The van der Waals surface area contributed by atoms with E-state index in [0.717, 1.165) is 36.6 Å². The van der Waals surface area contributed by atoms with Crippen LogP contribution in [0.25, 0.3) is 0 Å². The zero-order valence-corrected chi connectivity index (χ0v) is 14.1. The molecule has 1 heterocycles. The molecule has 1 aliphatic rings. The molecule has 2 unspecified atom stereocenters. The Hall–Kier alpha value is -0.280. The molecule has 1 aromatic carbocycles. The highest BCUT2D eigenvalue weighted by Crippen LogP contribution is 2.31. The van der Waals surface area contributed by atoms with E-state index in [1.807, 2.05) is 12.1 Å². The quantitative estimate of drug-likeness (QED) is 0.882. The highest BCUT2D eigenvalue weighted by molar-refractivity contribution is 6.35. The van der Waals surface area contributed by atoms with Crippen molar-refractivity contribution in [3.05, 3.63) is 33.8 Å². The second kappa shape index (κ2) is 6.65. The lowest BCUT2D eigenvalue weighted by Crippen LogP contribution is -2.48. The first-order valence-electron chi connectivity index (χ1n) is 7.39. The molecule has 0 aliphatic carbocycles. The van der Waals surface area contributed by atoms with E-state index in [4.69, 9.17) is 23.2 Å². The highest BCUT2D eigenvalue weighted by Gasteiger charge is 2.30. The fourth-order valence-electron chi connectivity index (χ4n) is 2.86. The zero-order chi connectivity index (χ0) is 14.8. The lowest BCUT2D eigenvalue weighted by Gasteiger charge is -2.36. The van der Waals surface area contributed by atoms with Crippen LogP contribution in [0.3, 0.4) is 0 Å². The van der Waals surface area contributed by atoms with E-state index in [1.54, 1.807) is 0 Å². The van der Waals surface area contributed by atoms with E-state index < -0.39 is 0 Å². The number of nitrogens with one attached hydrogen (secondary N) is 1. The topological polar surface area (TPSA) is 15.3 Å². The summed E-state index contributed by atoms with van der Waals surface area (Å²) in [5.41, 5.74) is 1.35. The van der Waals surface area contributed by atoms with Gasteiger partial charge in [-0.1, -0.05) is 36.2 Å². The molecular weight excluding hydrogens is 291 g/mol. The Kier molecular flexibility index (Phi) is 5.36. The average molecular weight is 315 g/mol. The van der Waals surface area contributed by atoms with Crippen molar-refractivity contribution in [3.63, 3.8) is 0 Å². The molecule has 0 aromatic heterocycles. The van der Waals surface area contributed by atoms with Crippen LogP contribution in [-0.2, 0) is 0 Å². The van der Waals surface area contributed by atoms with Gasteiger partial charge in [0.1, 0.15) is 0 Å². The molecule has 112 valence electrons. The summed E-state index contributed by atoms with van der Waals surface area (Å²) >= 11 is 12.4. The van der Waals surface area contributed by atoms with Crippen molar-refractivity contribution in [2.75, 3.05) is 19.6 Å². The van der Waals surface area contributed by atoms with Gasteiger partial charge >= 0.3 is 0 Å². The van der Waals surface area contributed by atoms with Crippen molar-refractivity contribution in [2.45, 2.75) is 45.2 Å². The third kappa shape index (κ3) is 3.67. The largest absolute Gasteiger partial charge is 0.310 e. The molecule has 20 heavy (non-hydrogen) atoms. The predicted octanol–water partition coefficient (Wildman–Crippen LogP) is 4.52. The molecule has 4 heteroatoms. The minimum Gasteiger partial charge on any atom is -0.310 e. The van der Waals surface area contributed by atoms with Gasteiger partial charge in [-0.25, -0.2) is 0 Å². The number of hydrogen-bond donors (Lipinski definition) is 1. The first kappa shape index (κ1) is 16.1. The smallest absolute Gasteiger partial charge is 0.0468 e. The van der Waals surface area contributed by atoms with Crippen molar-refractivity contribution in [1.29, 1.82) is 0 Å². The van der Waals surface area contributed by atoms with Crippen LogP contribution in [0, 0.1) is 0 Å². The maximum atomic E-state index is 6.36. The van der Waals surface area contributed by atoms with Gasteiger partial charge in [0.2, 0.25) is 0 Å². The van der Waals surface area contributed by atoms with E-state index in [1.165, 1.54) is 6.42 Å². The van der Waals surface area contributed by atoms with Crippen LogP contribution in [0.5, 0.6) is 0 Å². The van der Waals surface area contributed by atoms with Gasteiger partial charge in [-0.2, -0.15) is 0 Å². The van der Waals surface area contributed by atoms with Crippen LogP contribution in [-0.4, -0.2) is 30.1 Å². The molecule has 1 fully saturated rings. The van der Waals surface area contributed by atoms with Crippen LogP contribution in [0.1, 0.15) is 45.2 Å². The fraction of sp³-hybridized carbons (Fsp3) is 0.625. The summed E-state index contributed by atoms with van der Waals surface area (Å²) in [4.78, 5) is 2.53. The summed E-state index contributed by atoms with van der Waals surface area (Å²) in [6.07, 6.45) is 2.30. The van der Waals surface area contributed by atoms with Crippen molar-refractivity contribution in [2.24, 2.45) is 0 Å². The van der Waals surface area contributed by atoms with E-state index in [2.05, 4.69) is 37.1 Å². The Morgan fingerprint density at radius 1 is 1.40 bits per heavy atom. The molecule has 0 amide bonds. The minimum absolute atomic E-state index is 0.184. The number of nitrogens with zero attached hydrogens (tertiary/aromatic N) is 1. The summed E-state index contributed by atoms with van der Waals surface area (Å²) in [6, 6.07) is 6.13. The molecule has 0 radical (unpaired) electrons. The number of halogens is 2. The first-order valence-corrected chi connectivity index (χ1v) is 8.15. The SMILES string of the molecule is CCC1(C)CN(C(C)c2ccc(Cl)cc2Cl)CCCN1. The molecule has 1 aromatic rings.